The van der Waals surface area contributed by atoms with Gasteiger partial charge in [-0.15, -0.1) is 0 Å². The van der Waals surface area contributed by atoms with Crippen molar-refractivity contribution in [2.24, 2.45) is 5.41 Å². The van der Waals surface area contributed by atoms with E-state index in [2.05, 4.69) is 14.9 Å². The minimum Gasteiger partial charge on any atom is -0.389 e. The van der Waals surface area contributed by atoms with E-state index in [1.54, 1.807) is 20.8 Å². The van der Waals surface area contributed by atoms with Crippen molar-refractivity contribution in [2.75, 3.05) is 0 Å². The van der Waals surface area contributed by atoms with Crippen molar-refractivity contribution < 1.29 is 18.8 Å². The van der Waals surface area contributed by atoms with Crippen LogP contribution in [0.2, 0.25) is 0 Å². The Balaban J connectivity index is 2.57. The number of hydrogen-bond acceptors (Lipinski definition) is 6. The fourth-order valence-corrected chi connectivity index (χ4v) is 0.897. The van der Waals surface area contributed by atoms with Gasteiger partial charge in [-0.3, -0.25) is 4.79 Å². The first-order chi connectivity index (χ1) is 8.32. The van der Waals surface area contributed by atoms with Gasteiger partial charge in [0.05, 0.1) is 5.41 Å². The molecule has 1 rings (SSSR count). The van der Waals surface area contributed by atoms with Crippen LogP contribution in [0.15, 0.2) is 10.6 Å². The Morgan fingerprint density at radius 1 is 1.39 bits per heavy atom. The van der Waals surface area contributed by atoms with E-state index < -0.39 is 17.4 Å². The average molecular weight is 252 g/mol. The van der Waals surface area contributed by atoms with Crippen LogP contribution in [0.1, 0.15) is 39.4 Å². The molecule has 1 aromatic heterocycles. The van der Waals surface area contributed by atoms with Gasteiger partial charge in [0.2, 0.25) is 0 Å². The summed E-state index contributed by atoms with van der Waals surface area (Å²) in [5, 5.41) is 3.66. The first kappa shape index (κ1) is 14.1. The van der Waals surface area contributed by atoms with Crippen LogP contribution >= 0.6 is 0 Å². The van der Waals surface area contributed by atoms with Crippen LogP contribution in [0.25, 0.3) is 6.08 Å². The molecular weight excluding hydrogens is 236 g/mol. The maximum Gasteiger partial charge on any atom is 0.338 e. The Morgan fingerprint density at radius 2 is 2.06 bits per heavy atom. The highest BCUT2D eigenvalue weighted by Gasteiger charge is 2.24. The number of hydrogen-bond donors (Lipinski definition) is 0. The molecule has 0 N–H and O–H groups in total. The molecule has 0 aliphatic heterocycles. The van der Waals surface area contributed by atoms with E-state index in [9.17, 15) is 9.59 Å². The molecule has 0 saturated heterocycles. The van der Waals surface area contributed by atoms with Gasteiger partial charge in [0.25, 0.3) is 5.89 Å². The van der Waals surface area contributed by atoms with E-state index >= 15 is 0 Å². The lowest BCUT2D eigenvalue weighted by molar-refractivity contribution is -0.162. The van der Waals surface area contributed by atoms with Crippen LogP contribution < -0.4 is 0 Å². The van der Waals surface area contributed by atoms with Gasteiger partial charge in [0.15, 0.2) is 5.82 Å². The molecular formula is C12H16N2O4. The maximum atomic E-state index is 11.4. The van der Waals surface area contributed by atoms with Crippen molar-refractivity contribution in [3.05, 3.63) is 17.8 Å². The molecule has 98 valence electrons. The van der Waals surface area contributed by atoms with E-state index in [-0.39, 0.29) is 5.89 Å². The fourth-order valence-electron chi connectivity index (χ4n) is 0.897. The molecule has 0 unspecified atom stereocenters. The minimum absolute atomic E-state index is 0.201. The summed E-state index contributed by atoms with van der Waals surface area (Å²) in [6.07, 6.45) is 3.03. The first-order valence-corrected chi connectivity index (χ1v) is 5.60. The smallest absolute Gasteiger partial charge is 0.338 e. The van der Waals surface area contributed by atoms with Gasteiger partial charge in [-0.1, -0.05) is 12.1 Å². The molecule has 6 nitrogen and oxygen atoms in total. The highest BCUT2D eigenvalue weighted by atomic mass is 16.6. The van der Waals surface area contributed by atoms with Gasteiger partial charge in [-0.25, -0.2) is 4.79 Å². The Hall–Kier alpha value is -1.98. The van der Waals surface area contributed by atoms with E-state index in [1.807, 2.05) is 6.92 Å². The summed E-state index contributed by atoms with van der Waals surface area (Å²) in [5.41, 5.74) is -0.719. The number of rotatable bonds is 3. The normalized spacial score (nSPS) is 11.8. The second kappa shape index (κ2) is 5.57. The van der Waals surface area contributed by atoms with Crippen LogP contribution in [-0.4, -0.2) is 22.1 Å². The van der Waals surface area contributed by atoms with Crippen molar-refractivity contribution >= 4 is 18.0 Å². The summed E-state index contributed by atoms with van der Waals surface area (Å²) >= 11 is 0. The number of carbonyl (C=O) groups is 2. The zero-order valence-electron chi connectivity index (χ0n) is 10.9. The van der Waals surface area contributed by atoms with Gasteiger partial charge in [-0.2, -0.15) is 4.98 Å². The Kier molecular flexibility index (Phi) is 4.36. The molecule has 0 aromatic carbocycles. The van der Waals surface area contributed by atoms with Crippen molar-refractivity contribution in [3.63, 3.8) is 0 Å². The van der Waals surface area contributed by atoms with E-state index in [0.29, 0.717) is 12.2 Å². The Morgan fingerprint density at radius 3 is 2.56 bits per heavy atom. The predicted molar refractivity (Wildman–Crippen MR) is 63.3 cm³/mol. The third-order valence-electron chi connectivity index (χ3n) is 1.97. The first-order valence-electron chi connectivity index (χ1n) is 5.60. The van der Waals surface area contributed by atoms with Gasteiger partial charge in [0, 0.05) is 18.6 Å². The summed E-state index contributed by atoms with van der Waals surface area (Å²) in [6.45, 7) is 6.88. The molecule has 0 aliphatic carbocycles. The molecule has 0 atom stereocenters. The van der Waals surface area contributed by atoms with Crippen LogP contribution in [0.3, 0.4) is 0 Å². The summed E-state index contributed by atoms with van der Waals surface area (Å²) in [7, 11) is 0. The van der Waals surface area contributed by atoms with Crippen LogP contribution in [0.4, 0.5) is 0 Å². The van der Waals surface area contributed by atoms with Gasteiger partial charge >= 0.3 is 11.9 Å². The maximum absolute atomic E-state index is 11.4. The molecule has 0 bridgehead atoms. The monoisotopic (exact) mass is 252 g/mol. The molecule has 0 fully saturated rings. The van der Waals surface area contributed by atoms with Gasteiger partial charge < -0.3 is 9.26 Å². The molecule has 6 heteroatoms. The largest absolute Gasteiger partial charge is 0.389 e. The van der Waals surface area contributed by atoms with Crippen LogP contribution in [0.5, 0.6) is 0 Å². The van der Waals surface area contributed by atoms with Gasteiger partial charge in [0.1, 0.15) is 0 Å². The Bertz CT molecular complexity index is 469. The average Bonchev–Trinajstić information content (AvgIpc) is 2.73. The third kappa shape index (κ3) is 4.12. The van der Waals surface area contributed by atoms with Crippen molar-refractivity contribution in [3.8, 4) is 0 Å². The van der Waals surface area contributed by atoms with Crippen LogP contribution in [-0.2, 0) is 20.7 Å². The SMILES string of the molecule is CCc1noc(/C=C/C(=O)OC(=O)C(C)(C)C)n1. The van der Waals surface area contributed by atoms with E-state index in [4.69, 9.17) is 4.52 Å². The molecule has 0 saturated carbocycles. The number of esters is 2. The number of nitrogens with zero attached hydrogens (tertiary/aromatic N) is 2. The molecule has 1 aromatic rings. The lowest BCUT2D eigenvalue weighted by atomic mass is 9.97. The molecule has 0 aliphatic rings. The summed E-state index contributed by atoms with van der Waals surface area (Å²) in [4.78, 5) is 26.7. The lowest BCUT2D eigenvalue weighted by Gasteiger charge is -2.14. The number of ether oxygens (including phenoxy) is 1. The standard InChI is InChI=1S/C12H16N2O4/c1-5-8-13-9(18-14-8)6-7-10(15)17-11(16)12(2,3)4/h6-7H,5H2,1-4H3/b7-6+. The van der Waals surface area contributed by atoms with Crippen molar-refractivity contribution in [1.82, 2.24) is 10.1 Å². The highest BCUT2D eigenvalue weighted by molar-refractivity contribution is 5.95. The topological polar surface area (TPSA) is 82.3 Å². The third-order valence-corrected chi connectivity index (χ3v) is 1.97. The zero-order chi connectivity index (χ0) is 13.8. The molecule has 0 radical (unpaired) electrons. The fraction of sp³-hybridized carbons (Fsp3) is 0.500. The number of aryl methyl sites for hydroxylation is 1. The molecule has 0 amide bonds. The van der Waals surface area contributed by atoms with E-state index in [0.717, 1.165) is 6.08 Å². The van der Waals surface area contributed by atoms with Gasteiger partial charge in [-0.05, 0) is 20.8 Å². The predicted octanol–water partition coefficient (Wildman–Crippen LogP) is 1.76. The Labute approximate surface area is 105 Å². The van der Waals surface area contributed by atoms with Crippen molar-refractivity contribution in [2.45, 2.75) is 34.1 Å². The zero-order valence-corrected chi connectivity index (χ0v) is 10.9. The quantitative estimate of drug-likeness (QED) is 0.463. The second-order valence-electron chi connectivity index (χ2n) is 4.69. The summed E-state index contributed by atoms with van der Waals surface area (Å²) < 4.78 is 9.45. The summed E-state index contributed by atoms with van der Waals surface area (Å²) in [6, 6.07) is 0. The summed E-state index contributed by atoms with van der Waals surface area (Å²) in [5.74, 6) is -0.594. The highest BCUT2D eigenvalue weighted by Crippen LogP contribution is 2.15. The van der Waals surface area contributed by atoms with E-state index in [1.165, 1.54) is 6.08 Å². The number of aromatic nitrogens is 2. The molecule has 0 spiro atoms. The minimum atomic E-state index is -0.758. The van der Waals surface area contributed by atoms with Crippen molar-refractivity contribution in [1.29, 1.82) is 0 Å². The van der Waals surface area contributed by atoms with Crippen LogP contribution in [0, 0.1) is 5.41 Å². The second-order valence-corrected chi connectivity index (χ2v) is 4.69. The lowest BCUT2D eigenvalue weighted by Crippen LogP contribution is -2.25. The molecule has 18 heavy (non-hydrogen) atoms. The number of carbonyl (C=O) groups excluding carboxylic acids is 2. The molecule has 1 heterocycles.